The van der Waals surface area contributed by atoms with Gasteiger partial charge in [-0.2, -0.15) is 0 Å². The molecule has 0 unspecified atom stereocenters. The summed E-state index contributed by atoms with van der Waals surface area (Å²) in [5.41, 5.74) is -0.315. The molecule has 0 saturated heterocycles. The molecule has 1 fully saturated rings. The minimum absolute atomic E-state index is 0.0111. The summed E-state index contributed by atoms with van der Waals surface area (Å²) in [6.07, 6.45) is 2.88. The largest absolute Gasteiger partial charge is 0.497 e. The normalized spacial score (nSPS) is 16.5. The number of hydrogen-bond donors (Lipinski definition) is 2. The lowest BCUT2D eigenvalue weighted by molar-refractivity contribution is -0.150. The summed E-state index contributed by atoms with van der Waals surface area (Å²) >= 11 is 3.34. The number of carbonyl (C=O) groups is 2. The SMILES string of the molecule is COc1cc(Br)cc(NC(=O)CC2(C(=O)O)CCCC2)c1. The van der Waals surface area contributed by atoms with Gasteiger partial charge in [0.1, 0.15) is 5.75 Å². The van der Waals surface area contributed by atoms with Crippen LogP contribution in [0.1, 0.15) is 32.1 Å². The number of nitrogens with one attached hydrogen (secondary N) is 1. The number of anilines is 1. The van der Waals surface area contributed by atoms with Crippen LogP contribution in [0, 0.1) is 5.41 Å². The van der Waals surface area contributed by atoms with Crippen LogP contribution in [0.25, 0.3) is 0 Å². The van der Waals surface area contributed by atoms with Gasteiger partial charge in [0, 0.05) is 22.6 Å². The molecule has 0 atom stereocenters. The second-order valence-electron chi connectivity index (χ2n) is 5.40. The van der Waals surface area contributed by atoms with Crippen molar-refractivity contribution in [2.75, 3.05) is 12.4 Å². The Morgan fingerprint density at radius 1 is 1.33 bits per heavy atom. The Labute approximate surface area is 131 Å². The Morgan fingerprint density at radius 3 is 2.57 bits per heavy atom. The number of benzene rings is 1. The fourth-order valence-electron chi connectivity index (χ4n) is 2.78. The van der Waals surface area contributed by atoms with E-state index in [1.165, 1.54) is 0 Å². The quantitative estimate of drug-likeness (QED) is 0.848. The number of carbonyl (C=O) groups excluding carboxylic acids is 1. The lowest BCUT2D eigenvalue weighted by Gasteiger charge is -2.22. The first-order valence-corrected chi connectivity index (χ1v) is 7.62. The Morgan fingerprint density at radius 2 is 2.00 bits per heavy atom. The molecule has 0 aromatic heterocycles. The molecule has 1 aliphatic rings. The van der Waals surface area contributed by atoms with Gasteiger partial charge < -0.3 is 15.2 Å². The number of aliphatic carboxylic acids is 1. The lowest BCUT2D eigenvalue weighted by atomic mass is 9.82. The first-order valence-electron chi connectivity index (χ1n) is 6.83. The maximum absolute atomic E-state index is 12.2. The van der Waals surface area contributed by atoms with Gasteiger partial charge in [0.25, 0.3) is 0 Å². The second-order valence-corrected chi connectivity index (χ2v) is 6.31. The van der Waals surface area contributed by atoms with Gasteiger partial charge in [0.2, 0.25) is 5.91 Å². The molecule has 1 aromatic rings. The summed E-state index contributed by atoms with van der Waals surface area (Å²) < 4.78 is 5.92. The van der Waals surface area contributed by atoms with E-state index in [4.69, 9.17) is 4.74 Å². The number of carboxylic acids is 1. The highest BCUT2D eigenvalue weighted by Crippen LogP contribution is 2.41. The van der Waals surface area contributed by atoms with Crippen molar-refractivity contribution in [3.63, 3.8) is 0 Å². The predicted molar refractivity (Wildman–Crippen MR) is 82.5 cm³/mol. The van der Waals surface area contributed by atoms with Crippen LogP contribution in [-0.2, 0) is 9.59 Å². The number of methoxy groups -OCH3 is 1. The van der Waals surface area contributed by atoms with Gasteiger partial charge in [-0.3, -0.25) is 9.59 Å². The van der Waals surface area contributed by atoms with Gasteiger partial charge in [-0.25, -0.2) is 0 Å². The topological polar surface area (TPSA) is 75.6 Å². The molecule has 0 spiro atoms. The Bertz CT molecular complexity index is 553. The molecule has 2 N–H and O–H groups in total. The van der Waals surface area contributed by atoms with Gasteiger partial charge in [0.05, 0.1) is 12.5 Å². The average Bonchev–Trinajstić information content (AvgIpc) is 2.87. The van der Waals surface area contributed by atoms with Crippen molar-refractivity contribution in [2.24, 2.45) is 5.41 Å². The molecular weight excluding hydrogens is 338 g/mol. The maximum atomic E-state index is 12.2. The second kappa shape index (κ2) is 6.47. The molecular formula is C15H18BrNO4. The number of carboxylic acid groups (broad SMARTS) is 1. The van der Waals surface area contributed by atoms with Crippen molar-refractivity contribution in [3.05, 3.63) is 22.7 Å². The molecule has 2 rings (SSSR count). The van der Waals surface area contributed by atoms with E-state index < -0.39 is 11.4 Å². The third-order valence-corrected chi connectivity index (χ3v) is 4.36. The highest BCUT2D eigenvalue weighted by atomic mass is 79.9. The molecule has 0 radical (unpaired) electrons. The fourth-order valence-corrected chi connectivity index (χ4v) is 3.26. The minimum Gasteiger partial charge on any atom is -0.497 e. The van der Waals surface area contributed by atoms with Crippen molar-refractivity contribution in [1.82, 2.24) is 0 Å². The average molecular weight is 356 g/mol. The zero-order valence-electron chi connectivity index (χ0n) is 11.8. The Kier molecular flexibility index (Phi) is 4.88. The zero-order valence-corrected chi connectivity index (χ0v) is 13.4. The Balaban J connectivity index is 2.08. The molecule has 1 aromatic carbocycles. The zero-order chi connectivity index (χ0) is 15.5. The highest BCUT2D eigenvalue weighted by Gasteiger charge is 2.42. The van der Waals surface area contributed by atoms with Crippen LogP contribution in [0.15, 0.2) is 22.7 Å². The van der Waals surface area contributed by atoms with E-state index >= 15 is 0 Å². The molecule has 5 nitrogen and oxygen atoms in total. The Hall–Kier alpha value is -1.56. The number of hydrogen-bond acceptors (Lipinski definition) is 3. The first kappa shape index (κ1) is 15.8. The third kappa shape index (κ3) is 3.75. The highest BCUT2D eigenvalue weighted by molar-refractivity contribution is 9.10. The lowest BCUT2D eigenvalue weighted by Crippen LogP contribution is -2.32. The number of ether oxygens (including phenoxy) is 1. The van der Waals surface area contributed by atoms with Crippen molar-refractivity contribution in [3.8, 4) is 5.75 Å². The van der Waals surface area contributed by atoms with Crippen LogP contribution in [-0.4, -0.2) is 24.1 Å². The molecule has 0 aliphatic heterocycles. The molecule has 6 heteroatoms. The predicted octanol–water partition coefficient (Wildman–Crippen LogP) is 3.43. The van der Waals surface area contributed by atoms with Crippen LogP contribution in [0.4, 0.5) is 5.69 Å². The monoisotopic (exact) mass is 355 g/mol. The van der Waals surface area contributed by atoms with Crippen molar-refractivity contribution in [2.45, 2.75) is 32.1 Å². The number of rotatable bonds is 5. The van der Waals surface area contributed by atoms with Crippen molar-refractivity contribution < 1.29 is 19.4 Å². The molecule has 0 heterocycles. The van der Waals surface area contributed by atoms with E-state index in [0.717, 1.165) is 17.3 Å². The van der Waals surface area contributed by atoms with E-state index in [9.17, 15) is 14.7 Å². The molecule has 1 saturated carbocycles. The van der Waals surface area contributed by atoms with E-state index in [1.54, 1.807) is 25.3 Å². The van der Waals surface area contributed by atoms with E-state index in [2.05, 4.69) is 21.2 Å². The van der Waals surface area contributed by atoms with Crippen molar-refractivity contribution in [1.29, 1.82) is 0 Å². The number of halogens is 1. The first-order chi connectivity index (χ1) is 9.95. The smallest absolute Gasteiger partial charge is 0.310 e. The minimum atomic E-state index is -0.903. The standard InChI is InChI=1S/C15H18BrNO4/c1-21-12-7-10(16)6-11(8-12)17-13(18)9-15(14(19)20)4-2-3-5-15/h6-8H,2-5,9H2,1H3,(H,17,18)(H,19,20). The van der Waals surface area contributed by atoms with E-state index in [-0.39, 0.29) is 12.3 Å². The van der Waals surface area contributed by atoms with Crippen LogP contribution in [0.2, 0.25) is 0 Å². The van der Waals surface area contributed by atoms with E-state index in [1.807, 2.05) is 0 Å². The molecule has 114 valence electrons. The van der Waals surface area contributed by atoms with E-state index in [0.29, 0.717) is 24.3 Å². The summed E-state index contributed by atoms with van der Waals surface area (Å²) in [6.45, 7) is 0. The molecule has 1 aliphatic carbocycles. The van der Waals surface area contributed by atoms with Gasteiger partial charge in [-0.05, 0) is 25.0 Å². The summed E-state index contributed by atoms with van der Waals surface area (Å²) in [5, 5.41) is 12.1. The van der Waals surface area contributed by atoms with Crippen LogP contribution < -0.4 is 10.1 Å². The molecule has 1 amide bonds. The van der Waals surface area contributed by atoms with Gasteiger partial charge in [0.15, 0.2) is 0 Å². The third-order valence-electron chi connectivity index (χ3n) is 3.90. The van der Waals surface area contributed by atoms with Gasteiger partial charge in [-0.1, -0.05) is 28.8 Å². The van der Waals surface area contributed by atoms with Gasteiger partial charge >= 0.3 is 5.97 Å². The summed E-state index contributed by atoms with van der Waals surface area (Å²) in [6, 6.07) is 5.23. The maximum Gasteiger partial charge on any atom is 0.310 e. The van der Waals surface area contributed by atoms with Crippen LogP contribution in [0.3, 0.4) is 0 Å². The van der Waals surface area contributed by atoms with Gasteiger partial charge in [-0.15, -0.1) is 0 Å². The van der Waals surface area contributed by atoms with Crippen LogP contribution in [0.5, 0.6) is 5.75 Å². The van der Waals surface area contributed by atoms with Crippen molar-refractivity contribution >= 4 is 33.5 Å². The molecule has 0 bridgehead atoms. The summed E-state index contributed by atoms with van der Waals surface area (Å²) in [5.74, 6) is -0.532. The summed E-state index contributed by atoms with van der Waals surface area (Å²) in [4.78, 5) is 23.6. The van der Waals surface area contributed by atoms with Crippen LogP contribution >= 0.6 is 15.9 Å². The fraction of sp³-hybridized carbons (Fsp3) is 0.467. The number of amides is 1. The molecule has 21 heavy (non-hydrogen) atoms. The summed E-state index contributed by atoms with van der Waals surface area (Å²) in [7, 11) is 1.55.